The van der Waals surface area contributed by atoms with E-state index in [-0.39, 0.29) is 17.1 Å². The number of halogens is 6. The van der Waals surface area contributed by atoms with Gasteiger partial charge in [-0.3, -0.25) is 0 Å². The summed E-state index contributed by atoms with van der Waals surface area (Å²) in [5.41, 5.74) is -0.403. The highest BCUT2D eigenvalue weighted by Gasteiger charge is 2.59. The number of nitrogens with zero attached hydrogens (tertiary/aromatic N) is 3. The standard InChI is InChI=1S/C9H7F6N5O/c1-16-7-19-4-3(17-2-18-4)5(20-7)21-6(8(10,11)12)9(13,14)15/h2,6H,1H3,(H2,16,17,18,19,20). The lowest BCUT2D eigenvalue weighted by atomic mass is 10.3. The van der Waals surface area contributed by atoms with Crippen LogP contribution in [0.5, 0.6) is 5.88 Å². The first-order chi connectivity index (χ1) is 9.63. The number of aromatic amines is 1. The summed E-state index contributed by atoms with van der Waals surface area (Å²) in [6.07, 6.45) is -14.2. The molecule has 2 aromatic heterocycles. The molecule has 0 aliphatic heterocycles. The fraction of sp³-hybridized carbons (Fsp3) is 0.444. The lowest BCUT2D eigenvalue weighted by Gasteiger charge is -2.23. The molecule has 0 fully saturated rings. The van der Waals surface area contributed by atoms with E-state index in [0.29, 0.717) is 0 Å². The van der Waals surface area contributed by atoms with Crippen LogP contribution in [0, 0.1) is 0 Å². The minimum atomic E-state index is -5.64. The van der Waals surface area contributed by atoms with Crippen molar-refractivity contribution in [2.24, 2.45) is 0 Å². The average Bonchev–Trinajstić information content (AvgIpc) is 2.80. The molecule has 2 heterocycles. The van der Waals surface area contributed by atoms with E-state index < -0.39 is 24.3 Å². The molecule has 0 aliphatic rings. The smallest absolute Gasteiger partial charge is 0.434 e. The van der Waals surface area contributed by atoms with Gasteiger partial charge in [0.15, 0.2) is 5.65 Å². The maximum atomic E-state index is 12.5. The number of H-pyrrole nitrogens is 1. The summed E-state index contributed by atoms with van der Waals surface area (Å²) < 4.78 is 78.9. The van der Waals surface area contributed by atoms with Gasteiger partial charge >= 0.3 is 12.4 Å². The third-order valence-corrected chi connectivity index (χ3v) is 2.30. The van der Waals surface area contributed by atoms with Crippen molar-refractivity contribution in [2.45, 2.75) is 18.5 Å². The van der Waals surface area contributed by atoms with E-state index in [0.717, 1.165) is 6.33 Å². The quantitative estimate of drug-likeness (QED) is 0.850. The molecule has 2 rings (SSSR count). The van der Waals surface area contributed by atoms with Gasteiger partial charge in [-0.25, -0.2) is 4.98 Å². The number of hydrogen-bond donors (Lipinski definition) is 2. The Morgan fingerprint density at radius 3 is 2.29 bits per heavy atom. The predicted octanol–water partition coefficient (Wildman–Crippen LogP) is 2.27. The van der Waals surface area contributed by atoms with Crippen LogP contribution < -0.4 is 10.1 Å². The second-order valence-corrected chi connectivity index (χ2v) is 3.78. The number of rotatable bonds is 3. The van der Waals surface area contributed by atoms with Crippen LogP contribution in [-0.4, -0.2) is 45.4 Å². The Balaban J connectivity index is 2.48. The van der Waals surface area contributed by atoms with Crippen molar-refractivity contribution in [3.63, 3.8) is 0 Å². The molecule has 116 valence electrons. The summed E-state index contributed by atoms with van der Waals surface area (Å²) in [4.78, 5) is 13.1. The Labute approximate surface area is 112 Å². The van der Waals surface area contributed by atoms with Gasteiger partial charge in [-0.1, -0.05) is 0 Å². The van der Waals surface area contributed by atoms with Gasteiger partial charge in [0, 0.05) is 7.05 Å². The van der Waals surface area contributed by atoms with Crippen LogP contribution >= 0.6 is 0 Å². The van der Waals surface area contributed by atoms with Gasteiger partial charge in [0.25, 0.3) is 6.10 Å². The molecule has 0 aliphatic carbocycles. The summed E-state index contributed by atoms with van der Waals surface area (Å²) in [5, 5.41) is 2.38. The van der Waals surface area contributed by atoms with E-state index in [4.69, 9.17) is 0 Å². The fourth-order valence-corrected chi connectivity index (χ4v) is 1.43. The van der Waals surface area contributed by atoms with Crippen molar-refractivity contribution in [1.29, 1.82) is 0 Å². The highest BCUT2D eigenvalue weighted by molar-refractivity contribution is 5.76. The van der Waals surface area contributed by atoms with E-state index in [1.165, 1.54) is 7.05 Å². The van der Waals surface area contributed by atoms with Crippen LogP contribution in [-0.2, 0) is 0 Å². The molecule has 0 atom stereocenters. The van der Waals surface area contributed by atoms with Crippen LogP contribution in [0.15, 0.2) is 6.33 Å². The normalized spacial score (nSPS) is 13.0. The number of ether oxygens (including phenoxy) is 1. The van der Waals surface area contributed by atoms with Gasteiger partial charge in [-0.05, 0) is 0 Å². The summed E-state index contributed by atoms with van der Waals surface area (Å²) >= 11 is 0. The van der Waals surface area contributed by atoms with Crippen LogP contribution in [0.25, 0.3) is 11.2 Å². The zero-order valence-corrected chi connectivity index (χ0v) is 10.2. The molecule has 2 N–H and O–H groups in total. The van der Waals surface area contributed by atoms with E-state index >= 15 is 0 Å². The molecule has 21 heavy (non-hydrogen) atoms. The summed E-state index contributed by atoms with van der Waals surface area (Å²) in [6, 6.07) is 0. The van der Waals surface area contributed by atoms with Gasteiger partial charge in [-0.2, -0.15) is 36.3 Å². The Morgan fingerprint density at radius 2 is 1.76 bits per heavy atom. The molecule has 0 bridgehead atoms. The number of fused-ring (bicyclic) bond motifs is 1. The first-order valence-electron chi connectivity index (χ1n) is 5.32. The number of imidazole rings is 1. The highest BCUT2D eigenvalue weighted by atomic mass is 19.4. The summed E-state index contributed by atoms with van der Waals surface area (Å²) in [7, 11) is 1.34. The third-order valence-electron chi connectivity index (χ3n) is 2.30. The molecule has 0 radical (unpaired) electrons. The van der Waals surface area contributed by atoms with Crippen molar-refractivity contribution in [1.82, 2.24) is 19.9 Å². The van der Waals surface area contributed by atoms with Crippen LogP contribution in [0.2, 0.25) is 0 Å². The van der Waals surface area contributed by atoms with Crippen molar-refractivity contribution < 1.29 is 31.1 Å². The average molecular weight is 315 g/mol. The molecule has 0 saturated heterocycles. The Bertz CT molecular complexity index is 622. The lowest BCUT2D eigenvalue weighted by Crippen LogP contribution is -2.46. The molecule has 2 aromatic rings. The van der Waals surface area contributed by atoms with Gasteiger partial charge in [-0.15, -0.1) is 0 Å². The topological polar surface area (TPSA) is 75.7 Å². The van der Waals surface area contributed by atoms with Gasteiger partial charge in [0.1, 0.15) is 5.52 Å². The predicted molar refractivity (Wildman–Crippen MR) is 57.8 cm³/mol. The first kappa shape index (κ1) is 15.1. The van der Waals surface area contributed by atoms with Gasteiger partial charge in [0.2, 0.25) is 11.8 Å². The van der Waals surface area contributed by atoms with Crippen molar-refractivity contribution >= 4 is 17.1 Å². The lowest BCUT2D eigenvalue weighted by molar-refractivity contribution is -0.300. The van der Waals surface area contributed by atoms with Crippen LogP contribution in [0.4, 0.5) is 32.3 Å². The number of alkyl halides is 6. The van der Waals surface area contributed by atoms with Crippen LogP contribution in [0.1, 0.15) is 0 Å². The second-order valence-electron chi connectivity index (χ2n) is 3.78. The maximum Gasteiger partial charge on any atom is 0.434 e. The van der Waals surface area contributed by atoms with E-state index in [9.17, 15) is 26.3 Å². The molecule has 0 amide bonds. The molecule has 0 unspecified atom stereocenters. The molecule has 0 aromatic carbocycles. The second kappa shape index (κ2) is 4.93. The molecule has 0 spiro atoms. The number of anilines is 1. The molecular formula is C9H7F6N5O. The Kier molecular flexibility index (Phi) is 3.55. The van der Waals surface area contributed by atoms with Crippen LogP contribution in [0.3, 0.4) is 0 Å². The van der Waals surface area contributed by atoms with E-state index in [1.807, 2.05) is 0 Å². The minimum Gasteiger partial charge on any atom is -0.453 e. The zero-order chi connectivity index (χ0) is 15.8. The van der Waals surface area contributed by atoms with E-state index in [2.05, 4.69) is 30.0 Å². The Hall–Kier alpha value is -2.27. The minimum absolute atomic E-state index is 0.132. The van der Waals surface area contributed by atoms with Gasteiger partial charge in [0.05, 0.1) is 6.33 Å². The number of aromatic nitrogens is 4. The number of nitrogens with one attached hydrogen (secondary N) is 2. The molecule has 6 nitrogen and oxygen atoms in total. The fourth-order valence-electron chi connectivity index (χ4n) is 1.43. The largest absolute Gasteiger partial charge is 0.453 e. The maximum absolute atomic E-state index is 12.5. The SMILES string of the molecule is CNc1nc(OC(C(F)(F)F)C(F)(F)F)c2[nH]cnc2n1. The molecule has 12 heteroatoms. The zero-order valence-electron chi connectivity index (χ0n) is 10.2. The molecule has 0 saturated carbocycles. The monoisotopic (exact) mass is 315 g/mol. The third kappa shape index (κ3) is 3.08. The van der Waals surface area contributed by atoms with Gasteiger partial charge < -0.3 is 15.0 Å². The first-order valence-corrected chi connectivity index (χ1v) is 5.32. The summed E-state index contributed by atoms with van der Waals surface area (Å²) in [5.74, 6) is -1.13. The van der Waals surface area contributed by atoms with Crippen molar-refractivity contribution in [2.75, 3.05) is 12.4 Å². The van der Waals surface area contributed by atoms with Crippen molar-refractivity contribution in [3.8, 4) is 5.88 Å². The van der Waals surface area contributed by atoms with Crippen molar-refractivity contribution in [3.05, 3.63) is 6.33 Å². The Morgan fingerprint density at radius 1 is 1.14 bits per heavy atom. The summed E-state index contributed by atoms with van der Waals surface area (Å²) in [6.45, 7) is 0. The number of hydrogen-bond acceptors (Lipinski definition) is 5. The van der Waals surface area contributed by atoms with E-state index in [1.54, 1.807) is 0 Å². The highest BCUT2D eigenvalue weighted by Crippen LogP contribution is 2.37. The molecular weight excluding hydrogens is 308 g/mol.